The monoisotopic (exact) mass is 507 g/mol. The van der Waals surface area contributed by atoms with Gasteiger partial charge in [-0.05, 0) is 36.6 Å². The minimum Gasteiger partial charge on any atom is -0.357 e. The smallest absolute Gasteiger partial charge is 0.191 e. The normalized spacial score (nSPS) is 11.1. The quantitative estimate of drug-likeness (QED) is 0.286. The summed E-state index contributed by atoms with van der Waals surface area (Å²) in [5.41, 5.74) is 2.84. The van der Waals surface area contributed by atoms with E-state index in [4.69, 9.17) is 0 Å². The Labute approximate surface area is 188 Å². The van der Waals surface area contributed by atoms with Gasteiger partial charge < -0.3 is 15.2 Å². The fraction of sp³-hybridized carbons (Fsp3) is 0.273. The van der Waals surface area contributed by atoms with Crippen LogP contribution in [0.2, 0.25) is 0 Å². The number of nitrogens with one attached hydrogen (secondary N) is 2. The third kappa shape index (κ3) is 6.85. The maximum absolute atomic E-state index is 13.4. The maximum Gasteiger partial charge on any atom is 0.191 e. The largest absolute Gasteiger partial charge is 0.357 e. The molecule has 1 heterocycles. The number of hydrogen-bond donors (Lipinski definition) is 2. The Bertz CT molecular complexity index is 924. The van der Waals surface area contributed by atoms with Crippen molar-refractivity contribution in [1.82, 2.24) is 20.2 Å². The summed E-state index contributed by atoms with van der Waals surface area (Å²) in [4.78, 5) is 9.06. The Kier molecular flexibility index (Phi) is 9.11. The fourth-order valence-electron chi connectivity index (χ4n) is 2.91. The minimum absolute atomic E-state index is 0. The lowest BCUT2D eigenvalue weighted by molar-refractivity contribution is 0.617. The predicted molar refractivity (Wildman–Crippen MR) is 126 cm³/mol. The minimum atomic E-state index is -0.192. The number of aryl methyl sites for hydroxylation is 1. The van der Waals surface area contributed by atoms with Gasteiger partial charge in [0, 0.05) is 25.5 Å². The summed E-state index contributed by atoms with van der Waals surface area (Å²) >= 11 is 0. The van der Waals surface area contributed by atoms with Crippen molar-refractivity contribution in [1.29, 1.82) is 0 Å². The standard InChI is InChI=1S/C22H26FN5.HI/c1-3-24-22(26-14-19-9-10-20(23)17(2)13-19)27-15-21-25-11-12-28(21)16-18-7-5-4-6-8-18;/h4-13H,3,14-16H2,1-2H3,(H2,24,26,27);1H. The lowest BCUT2D eigenvalue weighted by atomic mass is 10.1. The molecule has 1 aromatic heterocycles. The number of imidazole rings is 1. The molecule has 0 radical (unpaired) electrons. The van der Waals surface area contributed by atoms with Gasteiger partial charge in [-0.1, -0.05) is 42.5 Å². The third-order valence-electron chi connectivity index (χ3n) is 4.40. The summed E-state index contributed by atoms with van der Waals surface area (Å²) in [6.45, 7) is 6.37. The van der Waals surface area contributed by atoms with E-state index in [-0.39, 0.29) is 29.8 Å². The Hall–Kier alpha value is -2.42. The van der Waals surface area contributed by atoms with Crippen molar-refractivity contribution >= 4 is 29.9 Å². The third-order valence-corrected chi connectivity index (χ3v) is 4.40. The number of guanidine groups is 1. The van der Waals surface area contributed by atoms with Gasteiger partial charge in [0.25, 0.3) is 0 Å². The van der Waals surface area contributed by atoms with Gasteiger partial charge in [-0.25, -0.2) is 14.4 Å². The van der Waals surface area contributed by atoms with E-state index in [1.165, 1.54) is 11.6 Å². The molecule has 0 saturated carbocycles. The second-order valence-electron chi connectivity index (χ2n) is 6.59. The SMILES string of the molecule is CCNC(=NCc1ccc(F)c(C)c1)NCc1nccn1Cc1ccccc1.I. The van der Waals surface area contributed by atoms with Crippen LogP contribution in [0.15, 0.2) is 65.9 Å². The van der Waals surface area contributed by atoms with Gasteiger partial charge in [0.05, 0.1) is 13.1 Å². The molecule has 0 atom stereocenters. The van der Waals surface area contributed by atoms with Crippen LogP contribution in [0.5, 0.6) is 0 Å². The Morgan fingerprint density at radius 1 is 1.10 bits per heavy atom. The molecule has 2 aromatic carbocycles. The molecule has 154 valence electrons. The molecule has 5 nitrogen and oxygen atoms in total. The van der Waals surface area contributed by atoms with Crippen molar-refractivity contribution in [3.05, 3.63) is 89.3 Å². The summed E-state index contributed by atoms with van der Waals surface area (Å²) in [7, 11) is 0. The van der Waals surface area contributed by atoms with Crippen LogP contribution in [-0.4, -0.2) is 22.1 Å². The van der Waals surface area contributed by atoms with Gasteiger partial charge in [0.15, 0.2) is 5.96 Å². The first kappa shape index (κ1) is 22.9. The van der Waals surface area contributed by atoms with Crippen molar-refractivity contribution in [3.63, 3.8) is 0 Å². The molecule has 0 bridgehead atoms. The second kappa shape index (κ2) is 11.5. The summed E-state index contributed by atoms with van der Waals surface area (Å²) in [6.07, 6.45) is 3.79. The molecule has 0 unspecified atom stereocenters. The van der Waals surface area contributed by atoms with E-state index in [1.807, 2.05) is 43.6 Å². The summed E-state index contributed by atoms with van der Waals surface area (Å²) in [5.74, 6) is 1.45. The van der Waals surface area contributed by atoms with Crippen molar-refractivity contribution in [2.45, 2.75) is 33.5 Å². The van der Waals surface area contributed by atoms with Crippen molar-refractivity contribution in [2.24, 2.45) is 4.99 Å². The highest BCUT2D eigenvalue weighted by molar-refractivity contribution is 14.0. The maximum atomic E-state index is 13.4. The topological polar surface area (TPSA) is 54.2 Å². The molecule has 7 heteroatoms. The molecule has 0 aliphatic heterocycles. The van der Waals surface area contributed by atoms with Gasteiger partial charge in [-0.3, -0.25) is 0 Å². The van der Waals surface area contributed by atoms with Crippen LogP contribution in [0.25, 0.3) is 0 Å². The lowest BCUT2D eigenvalue weighted by Gasteiger charge is -2.13. The highest BCUT2D eigenvalue weighted by atomic mass is 127. The van der Waals surface area contributed by atoms with Gasteiger partial charge >= 0.3 is 0 Å². The molecule has 29 heavy (non-hydrogen) atoms. The van der Waals surface area contributed by atoms with E-state index in [0.717, 1.165) is 24.5 Å². The van der Waals surface area contributed by atoms with Crippen LogP contribution in [0.4, 0.5) is 4.39 Å². The molecule has 0 saturated heterocycles. The molecule has 0 amide bonds. The van der Waals surface area contributed by atoms with E-state index in [1.54, 1.807) is 13.0 Å². The van der Waals surface area contributed by atoms with E-state index >= 15 is 0 Å². The van der Waals surface area contributed by atoms with Crippen LogP contribution in [0.3, 0.4) is 0 Å². The molecule has 0 aliphatic carbocycles. The molecule has 0 spiro atoms. The molecule has 0 fully saturated rings. The van der Waals surface area contributed by atoms with Crippen molar-refractivity contribution in [2.75, 3.05) is 6.54 Å². The Morgan fingerprint density at radius 3 is 2.62 bits per heavy atom. The number of rotatable bonds is 7. The first-order valence-corrected chi connectivity index (χ1v) is 9.47. The molecular weight excluding hydrogens is 480 g/mol. The van der Waals surface area contributed by atoms with Crippen molar-refractivity contribution < 1.29 is 4.39 Å². The summed E-state index contributed by atoms with van der Waals surface area (Å²) in [6, 6.07) is 15.4. The number of aliphatic imine (C=N–C) groups is 1. The lowest BCUT2D eigenvalue weighted by Crippen LogP contribution is -2.37. The molecule has 0 aliphatic rings. The van der Waals surface area contributed by atoms with Gasteiger partial charge in [-0.15, -0.1) is 24.0 Å². The number of aromatic nitrogens is 2. The van der Waals surface area contributed by atoms with Crippen LogP contribution in [0.1, 0.15) is 29.4 Å². The first-order valence-electron chi connectivity index (χ1n) is 9.47. The molecule has 3 aromatic rings. The average Bonchev–Trinajstić information content (AvgIpc) is 3.14. The van der Waals surface area contributed by atoms with E-state index in [2.05, 4.69) is 37.3 Å². The van der Waals surface area contributed by atoms with E-state index < -0.39 is 0 Å². The molecular formula is C22H27FIN5. The molecule has 3 rings (SSSR count). The summed E-state index contributed by atoms with van der Waals surface area (Å²) in [5, 5.41) is 6.57. The van der Waals surface area contributed by atoms with Gasteiger partial charge in [0.1, 0.15) is 11.6 Å². The fourth-order valence-corrected chi connectivity index (χ4v) is 2.91. The summed E-state index contributed by atoms with van der Waals surface area (Å²) < 4.78 is 15.5. The second-order valence-corrected chi connectivity index (χ2v) is 6.59. The van der Waals surface area contributed by atoms with Gasteiger partial charge in [-0.2, -0.15) is 0 Å². The number of halogens is 2. The number of benzene rings is 2. The van der Waals surface area contributed by atoms with E-state index in [9.17, 15) is 4.39 Å². The highest BCUT2D eigenvalue weighted by Gasteiger charge is 2.06. The Balaban J connectivity index is 0.00000300. The zero-order valence-electron chi connectivity index (χ0n) is 16.7. The number of hydrogen-bond acceptors (Lipinski definition) is 2. The van der Waals surface area contributed by atoms with Crippen molar-refractivity contribution in [3.8, 4) is 0 Å². The predicted octanol–water partition coefficient (Wildman–Crippen LogP) is 4.25. The first-order chi connectivity index (χ1) is 13.7. The van der Waals surface area contributed by atoms with E-state index in [0.29, 0.717) is 24.6 Å². The highest BCUT2D eigenvalue weighted by Crippen LogP contribution is 2.10. The van der Waals surface area contributed by atoms with Crippen LogP contribution < -0.4 is 10.6 Å². The number of nitrogens with zero attached hydrogens (tertiary/aromatic N) is 3. The molecule has 2 N–H and O–H groups in total. The van der Waals surface area contributed by atoms with Crippen LogP contribution >= 0.6 is 24.0 Å². The zero-order chi connectivity index (χ0) is 19.8. The zero-order valence-corrected chi connectivity index (χ0v) is 19.1. The van der Waals surface area contributed by atoms with Crippen LogP contribution in [-0.2, 0) is 19.6 Å². The van der Waals surface area contributed by atoms with Crippen LogP contribution in [0, 0.1) is 12.7 Å². The van der Waals surface area contributed by atoms with Gasteiger partial charge in [0.2, 0.25) is 0 Å². The Morgan fingerprint density at radius 2 is 1.90 bits per heavy atom. The average molecular weight is 507 g/mol.